The van der Waals surface area contributed by atoms with Crippen LogP contribution >= 0.6 is 23.2 Å². The van der Waals surface area contributed by atoms with Crippen molar-refractivity contribution < 1.29 is 4.79 Å². The first-order valence-corrected chi connectivity index (χ1v) is 8.90. The molecule has 0 fully saturated rings. The van der Waals surface area contributed by atoms with Crippen LogP contribution in [0.5, 0.6) is 0 Å². The van der Waals surface area contributed by atoms with Crippen LogP contribution in [0.3, 0.4) is 0 Å². The molecule has 3 aromatic rings. The maximum absolute atomic E-state index is 12.7. The van der Waals surface area contributed by atoms with Gasteiger partial charge in [-0.3, -0.25) is 9.78 Å². The second-order valence-corrected chi connectivity index (χ2v) is 6.74. The molecule has 7 heteroatoms. The highest BCUT2D eigenvalue weighted by Gasteiger charge is 2.22. The Morgan fingerprint density at radius 2 is 1.88 bits per heavy atom. The summed E-state index contributed by atoms with van der Waals surface area (Å²) < 4.78 is 1.59. The summed E-state index contributed by atoms with van der Waals surface area (Å²) in [5, 5.41) is 8.28. The molecule has 0 saturated heterocycles. The largest absolute Gasteiger partial charge is 0.345 e. The molecule has 26 heavy (non-hydrogen) atoms. The van der Waals surface area contributed by atoms with E-state index in [2.05, 4.69) is 15.4 Å². The Labute approximate surface area is 162 Å². The van der Waals surface area contributed by atoms with Gasteiger partial charge in [-0.2, -0.15) is 5.10 Å². The fourth-order valence-electron chi connectivity index (χ4n) is 2.71. The van der Waals surface area contributed by atoms with E-state index in [9.17, 15) is 4.79 Å². The number of rotatable bonds is 5. The maximum atomic E-state index is 12.7. The zero-order chi connectivity index (χ0) is 18.7. The van der Waals surface area contributed by atoms with E-state index in [-0.39, 0.29) is 11.9 Å². The maximum Gasteiger partial charge on any atom is 0.256 e. The summed E-state index contributed by atoms with van der Waals surface area (Å²) in [6.45, 7) is 4.07. The van der Waals surface area contributed by atoms with Crippen LogP contribution in [0.25, 0.3) is 0 Å². The van der Waals surface area contributed by atoms with Gasteiger partial charge in [-0.25, -0.2) is 4.68 Å². The summed E-state index contributed by atoms with van der Waals surface area (Å²) in [5.74, 6) is -0.262. The molecule has 5 nitrogen and oxygen atoms in total. The molecule has 0 aliphatic carbocycles. The van der Waals surface area contributed by atoms with Crippen molar-refractivity contribution >= 4 is 29.1 Å². The van der Waals surface area contributed by atoms with Crippen LogP contribution < -0.4 is 5.32 Å². The molecule has 2 heterocycles. The SMILES string of the molecule is Cc1nn(Cc2ccccc2Cl)c(Cl)c1C(=O)NC(C)c1ccncc1. The Morgan fingerprint density at radius 1 is 1.19 bits per heavy atom. The van der Waals surface area contributed by atoms with Crippen LogP contribution in [0.1, 0.15) is 40.1 Å². The first-order chi connectivity index (χ1) is 12.5. The number of aryl methyl sites for hydroxylation is 1. The predicted molar refractivity (Wildman–Crippen MR) is 103 cm³/mol. The Hall–Kier alpha value is -2.37. The lowest BCUT2D eigenvalue weighted by atomic mass is 10.1. The van der Waals surface area contributed by atoms with E-state index in [0.717, 1.165) is 11.1 Å². The fraction of sp³-hybridized carbons (Fsp3) is 0.211. The van der Waals surface area contributed by atoms with Crippen LogP contribution in [0.4, 0.5) is 0 Å². The van der Waals surface area contributed by atoms with Gasteiger partial charge in [0.25, 0.3) is 5.91 Å². The Bertz CT molecular complexity index is 925. The standard InChI is InChI=1S/C19H18Cl2N4O/c1-12(14-7-9-22-10-8-14)23-19(26)17-13(2)24-25(18(17)21)11-15-5-3-4-6-16(15)20/h3-10,12H,11H2,1-2H3,(H,23,26). The smallest absolute Gasteiger partial charge is 0.256 e. The second-order valence-electron chi connectivity index (χ2n) is 5.98. The highest BCUT2D eigenvalue weighted by atomic mass is 35.5. The first kappa shape index (κ1) is 18.4. The highest BCUT2D eigenvalue weighted by molar-refractivity contribution is 6.33. The quantitative estimate of drug-likeness (QED) is 0.702. The van der Waals surface area contributed by atoms with Crippen molar-refractivity contribution in [3.05, 3.63) is 81.4 Å². The van der Waals surface area contributed by atoms with E-state index in [1.54, 1.807) is 24.0 Å². The normalized spacial score (nSPS) is 12.0. The van der Waals surface area contributed by atoms with Crippen molar-refractivity contribution in [2.75, 3.05) is 0 Å². The third-order valence-corrected chi connectivity index (χ3v) is 4.88. The van der Waals surface area contributed by atoms with Gasteiger partial charge in [0.2, 0.25) is 0 Å². The average molecular weight is 389 g/mol. The lowest BCUT2D eigenvalue weighted by Gasteiger charge is -2.14. The number of hydrogen-bond donors (Lipinski definition) is 1. The van der Waals surface area contributed by atoms with Crippen LogP contribution in [-0.4, -0.2) is 20.7 Å². The van der Waals surface area contributed by atoms with Gasteiger partial charge in [0.05, 0.1) is 23.8 Å². The van der Waals surface area contributed by atoms with E-state index in [1.807, 2.05) is 43.3 Å². The van der Waals surface area contributed by atoms with Crippen molar-refractivity contribution in [1.29, 1.82) is 0 Å². The molecule has 1 N–H and O–H groups in total. The number of carbonyl (C=O) groups is 1. The Morgan fingerprint density at radius 3 is 2.58 bits per heavy atom. The van der Waals surface area contributed by atoms with Crippen LogP contribution in [0.15, 0.2) is 48.8 Å². The lowest BCUT2D eigenvalue weighted by Crippen LogP contribution is -2.27. The van der Waals surface area contributed by atoms with Crippen molar-refractivity contribution in [1.82, 2.24) is 20.1 Å². The van der Waals surface area contributed by atoms with Crippen LogP contribution in [-0.2, 0) is 6.54 Å². The Kier molecular flexibility index (Phi) is 5.59. The molecule has 0 aliphatic heterocycles. The summed E-state index contributed by atoms with van der Waals surface area (Å²) in [5.41, 5.74) is 2.79. The van der Waals surface area contributed by atoms with E-state index < -0.39 is 0 Å². The molecule has 0 spiro atoms. The molecule has 2 aromatic heterocycles. The van der Waals surface area contributed by atoms with Crippen molar-refractivity contribution in [3.63, 3.8) is 0 Å². The average Bonchev–Trinajstić information content (AvgIpc) is 2.91. The number of halogens is 2. The molecule has 0 saturated carbocycles. The van der Waals surface area contributed by atoms with E-state index in [1.165, 1.54) is 0 Å². The van der Waals surface area contributed by atoms with E-state index >= 15 is 0 Å². The minimum Gasteiger partial charge on any atom is -0.345 e. The molecule has 0 bridgehead atoms. The summed E-state index contributed by atoms with van der Waals surface area (Å²) >= 11 is 12.6. The van der Waals surface area contributed by atoms with Gasteiger partial charge in [-0.15, -0.1) is 0 Å². The monoisotopic (exact) mass is 388 g/mol. The van der Waals surface area contributed by atoms with Gasteiger partial charge < -0.3 is 5.32 Å². The van der Waals surface area contributed by atoms with Gasteiger partial charge >= 0.3 is 0 Å². The number of nitrogens with one attached hydrogen (secondary N) is 1. The third kappa shape index (κ3) is 3.89. The molecular weight excluding hydrogens is 371 g/mol. The molecule has 1 amide bonds. The minimum absolute atomic E-state index is 0.173. The van der Waals surface area contributed by atoms with Gasteiger partial charge in [0, 0.05) is 17.4 Å². The third-order valence-electron chi connectivity index (χ3n) is 4.12. The molecule has 1 unspecified atom stereocenters. The summed E-state index contributed by atoms with van der Waals surface area (Å²) in [6.07, 6.45) is 3.38. The number of benzene rings is 1. The number of hydrogen-bond acceptors (Lipinski definition) is 3. The van der Waals surface area contributed by atoms with E-state index in [4.69, 9.17) is 23.2 Å². The van der Waals surface area contributed by atoms with Gasteiger partial charge in [-0.1, -0.05) is 41.4 Å². The number of carbonyl (C=O) groups excluding carboxylic acids is 1. The molecule has 134 valence electrons. The number of nitrogens with zero attached hydrogens (tertiary/aromatic N) is 3. The van der Waals surface area contributed by atoms with Crippen LogP contribution in [0.2, 0.25) is 10.2 Å². The molecule has 0 aliphatic rings. The van der Waals surface area contributed by atoms with Gasteiger partial charge in [0.15, 0.2) is 0 Å². The summed E-state index contributed by atoms with van der Waals surface area (Å²) in [4.78, 5) is 16.7. The molecule has 1 atom stereocenters. The van der Waals surface area contributed by atoms with Crippen molar-refractivity contribution in [3.8, 4) is 0 Å². The van der Waals surface area contributed by atoms with Crippen LogP contribution in [0, 0.1) is 6.92 Å². The molecular formula is C19H18Cl2N4O. The molecule has 1 aromatic carbocycles. The topological polar surface area (TPSA) is 59.8 Å². The Balaban J connectivity index is 1.81. The zero-order valence-electron chi connectivity index (χ0n) is 14.4. The molecule has 3 rings (SSSR count). The summed E-state index contributed by atoms with van der Waals surface area (Å²) in [7, 11) is 0. The minimum atomic E-state index is -0.262. The van der Waals surface area contributed by atoms with Crippen molar-refractivity contribution in [2.45, 2.75) is 26.4 Å². The number of pyridine rings is 1. The van der Waals surface area contributed by atoms with Crippen molar-refractivity contribution in [2.24, 2.45) is 0 Å². The second kappa shape index (κ2) is 7.89. The summed E-state index contributed by atoms with van der Waals surface area (Å²) in [6, 6.07) is 11.0. The highest BCUT2D eigenvalue weighted by Crippen LogP contribution is 2.24. The van der Waals surface area contributed by atoms with E-state index in [0.29, 0.717) is 28.0 Å². The molecule has 0 radical (unpaired) electrons. The first-order valence-electron chi connectivity index (χ1n) is 8.14. The lowest BCUT2D eigenvalue weighted by molar-refractivity contribution is 0.0939. The number of aromatic nitrogens is 3. The zero-order valence-corrected chi connectivity index (χ0v) is 15.9. The van der Waals surface area contributed by atoms with Gasteiger partial charge in [0.1, 0.15) is 5.15 Å². The fourth-order valence-corrected chi connectivity index (χ4v) is 3.22. The van der Waals surface area contributed by atoms with Gasteiger partial charge in [-0.05, 0) is 43.2 Å². The number of amides is 1. The predicted octanol–water partition coefficient (Wildman–Crippen LogP) is 4.43.